The predicted molar refractivity (Wildman–Crippen MR) is 111 cm³/mol. The zero-order chi connectivity index (χ0) is 19.9. The van der Waals surface area contributed by atoms with Crippen LogP contribution in [0, 0.1) is 0 Å². The molecule has 0 aliphatic carbocycles. The van der Waals surface area contributed by atoms with E-state index in [0.717, 1.165) is 34.0 Å². The van der Waals surface area contributed by atoms with Crippen molar-refractivity contribution in [2.24, 2.45) is 7.05 Å². The fourth-order valence-corrected chi connectivity index (χ4v) is 3.40. The van der Waals surface area contributed by atoms with Crippen LogP contribution in [0.15, 0.2) is 53.7 Å². The van der Waals surface area contributed by atoms with Gasteiger partial charge >= 0.3 is 0 Å². The van der Waals surface area contributed by atoms with E-state index < -0.39 is 0 Å². The van der Waals surface area contributed by atoms with Crippen LogP contribution in [0.1, 0.15) is 18.9 Å². The van der Waals surface area contributed by atoms with Gasteiger partial charge in [0.15, 0.2) is 17.1 Å². The van der Waals surface area contributed by atoms with Gasteiger partial charge in [-0.15, -0.1) is 10.2 Å². The van der Waals surface area contributed by atoms with E-state index in [1.54, 1.807) is 18.9 Å². The van der Waals surface area contributed by atoms with Crippen molar-refractivity contribution in [3.63, 3.8) is 0 Å². The third-order valence-electron chi connectivity index (χ3n) is 4.00. The molecule has 28 heavy (non-hydrogen) atoms. The molecule has 0 spiro atoms. The lowest BCUT2D eigenvalue weighted by atomic mass is 10.3. The molecule has 0 N–H and O–H groups in total. The number of nitrogens with zero attached hydrogens (tertiary/aromatic N) is 3. The summed E-state index contributed by atoms with van der Waals surface area (Å²) in [4.78, 5) is 0. The molecule has 0 bridgehead atoms. The summed E-state index contributed by atoms with van der Waals surface area (Å²) in [6, 6.07) is 14.8. The van der Waals surface area contributed by atoms with Crippen LogP contribution < -0.4 is 14.2 Å². The van der Waals surface area contributed by atoms with Crippen LogP contribution in [0.25, 0.3) is 0 Å². The Morgan fingerprint density at radius 2 is 1.64 bits per heavy atom. The summed E-state index contributed by atoms with van der Waals surface area (Å²) in [7, 11) is 3.57. The number of halogens is 1. The molecule has 0 aliphatic heterocycles. The summed E-state index contributed by atoms with van der Waals surface area (Å²) < 4.78 is 18.8. The lowest BCUT2D eigenvalue weighted by Crippen LogP contribution is -2.10. The maximum absolute atomic E-state index is 5.96. The van der Waals surface area contributed by atoms with Gasteiger partial charge < -0.3 is 18.8 Å². The first-order valence-corrected chi connectivity index (χ1v) is 10.1. The van der Waals surface area contributed by atoms with Crippen LogP contribution in [0.2, 0.25) is 5.02 Å². The highest BCUT2D eigenvalue weighted by Gasteiger charge is 2.17. The molecule has 6 nitrogen and oxygen atoms in total. The first-order chi connectivity index (χ1) is 13.6. The van der Waals surface area contributed by atoms with Gasteiger partial charge in [-0.2, -0.15) is 0 Å². The maximum Gasteiger partial charge on any atom is 0.191 e. The molecule has 0 saturated carbocycles. The van der Waals surface area contributed by atoms with E-state index in [4.69, 9.17) is 25.8 Å². The van der Waals surface area contributed by atoms with E-state index >= 15 is 0 Å². The van der Waals surface area contributed by atoms with Crippen molar-refractivity contribution in [1.29, 1.82) is 0 Å². The Bertz CT molecular complexity index is 885. The second-order valence-corrected chi connectivity index (χ2v) is 7.48. The van der Waals surface area contributed by atoms with Crippen LogP contribution in [0.3, 0.4) is 0 Å². The SMILES string of the molecule is COc1ccc(OC(C)c2nnc(SCCOc3ccc(Cl)cc3)n2C)cc1. The number of rotatable bonds is 9. The Kier molecular flexibility index (Phi) is 7.06. The first-order valence-electron chi connectivity index (χ1n) is 8.78. The molecule has 1 aromatic heterocycles. The van der Waals surface area contributed by atoms with Gasteiger partial charge in [0.2, 0.25) is 0 Å². The van der Waals surface area contributed by atoms with Crippen molar-refractivity contribution in [3.8, 4) is 17.2 Å². The van der Waals surface area contributed by atoms with Crippen LogP contribution in [0.5, 0.6) is 17.2 Å². The lowest BCUT2D eigenvalue weighted by Gasteiger charge is -2.14. The van der Waals surface area contributed by atoms with Gasteiger partial charge in [-0.05, 0) is 55.5 Å². The highest BCUT2D eigenvalue weighted by Crippen LogP contribution is 2.25. The predicted octanol–water partition coefficient (Wildman–Crippen LogP) is 4.79. The highest BCUT2D eigenvalue weighted by molar-refractivity contribution is 7.99. The van der Waals surface area contributed by atoms with Crippen LogP contribution >= 0.6 is 23.4 Å². The molecule has 1 atom stereocenters. The van der Waals surface area contributed by atoms with Gasteiger partial charge in [0.05, 0.1) is 13.7 Å². The third-order valence-corrected chi connectivity index (χ3v) is 5.24. The third kappa shape index (κ3) is 5.33. The summed E-state index contributed by atoms with van der Waals surface area (Å²) in [5, 5.41) is 10.1. The largest absolute Gasteiger partial charge is 0.497 e. The fourth-order valence-electron chi connectivity index (χ4n) is 2.54. The Morgan fingerprint density at radius 3 is 2.32 bits per heavy atom. The number of benzene rings is 2. The van der Waals surface area contributed by atoms with Gasteiger partial charge in [-0.25, -0.2) is 0 Å². The minimum Gasteiger partial charge on any atom is -0.497 e. The van der Waals surface area contributed by atoms with Crippen LogP contribution in [0.4, 0.5) is 0 Å². The summed E-state index contributed by atoms with van der Waals surface area (Å²) in [6.45, 7) is 2.51. The molecule has 148 valence electrons. The molecule has 2 aromatic carbocycles. The average molecular weight is 420 g/mol. The van der Waals surface area contributed by atoms with Crippen LogP contribution in [-0.2, 0) is 7.05 Å². The van der Waals surface area contributed by atoms with Gasteiger partial charge in [0, 0.05) is 17.8 Å². The van der Waals surface area contributed by atoms with Gasteiger partial charge in [0.25, 0.3) is 0 Å². The molecular weight excluding hydrogens is 398 g/mol. The van der Waals surface area contributed by atoms with E-state index in [1.807, 2.05) is 67.1 Å². The number of aromatic nitrogens is 3. The molecule has 0 aliphatic rings. The number of methoxy groups -OCH3 is 1. The number of thioether (sulfide) groups is 1. The average Bonchev–Trinajstić information content (AvgIpc) is 3.08. The van der Waals surface area contributed by atoms with Gasteiger partial charge in [0.1, 0.15) is 17.2 Å². The summed E-state index contributed by atoms with van der Waals surface area (Å²) in [5.74, 6) is 3.85. The molecular formula is C20H22ClN3O3S. The zero-order valence-corrected chi connectivity index (χ0v) is 17.5. The molecule has 3 aromatic rings. The Hall–Kier alpha value is -2.38. The molecule has 0 amide bonds. The van der Waals surface area contributed by atoms with Crippen molar-refractivity contribution in [2.45, 2.75) is 18.2 Å². The second-order valence-electron chi connectivity index (χ2n) is 5.99. The van der Waals surface area contributed by atoms with E-state index in [0.29, 0.717) is 11.6 Å². The van der Waals surface area contributed by atoms with E-state index in [-0.39, 0.29) is 6.10 Å². The minimum absolute atomic E-state index is 0.231. The molecule has 0 fully saturated rings. The zero-order valence-electron chi connectivity index (χ0n) is 16.0. The molecule has 3 rings (SSSR count). The fraction of sp³-hybridized carbons (Fsp3) is 0.300. The standard InChI is InChI=1S/C20H22ClN3O3S/c1-14(27-18-10-8-16(25-3)9-11-18)19-22-23-20(24(19)2)28-13-12-26-17-6-4-15(21)5-7-17/h4-11,14H,12-13H2,1-3H3. The Balaban J connectivity index is 1.51. The molecule has 8 heteroatoms. The number of hydrogen-bond acceptors (Lipinski definition) is 6. The summed E-state index contributed by atoms with van der Waals surface area (Å²) >= 11 is 7.45. The van der Waals surface area contributed by atoms with Crippen molar-refractivity contribution in [3.05, 3.63) is 59.4 Å². The van der Waals surface area contributed by atoms with Crippen molar-refractivity contribution in [1.82, 2.24) is 14.8 Å². The van der Waals surface area contributed by atoms with Gasteiger partial charge in [-0.3, -0.25) is 0 Å². The molecule has 1 heterocycles. The van der Waals surface area contributed by atoms with Crippen molar-refractivity contribution >= 4 is 23.4 Å². The quantitative estimate of drug-likeness (QED) is 0.367. The Morgan fingerprint density at radius 1 is 1.00 bits per heavy atom. The minimum atomic E-state index is -0.231. The highest BCUT2D eigenvalue weighted by atomic mass is 35.5. The monoisotopic (exact) mass is 419 g/mol. The first kappa shape index (κ1) is 20.4. The Labute approximate surface area is 173 Å². The van der Waals surface area contributed by atoms with Crippen molar-refractivity contribution in [2.75, 3.05) is 19.5 Å². The number of hydrogen-bond donors (Lipinski definition) is 0. The van der Waals surface area contributed by atoms with E-state index in [1.165, 1.54) is 0 Å². The topological polar surface area (TPSA) is 58.4 Å². The second kappa shape index (κ2) is 9.71. The smallest absolute Gasteiger partial charge is 0.191 e. The summed E-state index contributed by atoms with van der Waals surface area (Å²) in [5.41, 5.74) is 0. The number of ether oxygens (including phenoxy) is 3. The van der Waals surface area contributed by atoms with E-state index in [9.17, 15) is 0 Å². The van der Waals surface area contributed by atoms with Crippen molar-refractivity contribution < 1.29 is 14.2 Å². The molecule has 1 unspecified atom stereocenters. The van der Waals surface area contributed by atoms with Crippen LogP contribution in [-0.4, -0.2) is 34.2 Å². The normalized spacial score (nSPS) is 11.9. The van der Waals surface area contributed by atoms with Gasteiger partial charge in [-0.1, -0.05) is 23.4 Å². The lowest BCUT2D eigenvalue weighted by molar-refractivity contribution is 0.211. The molecule has 0 radical (unpaired) electrons. The van der Waals surface area contributed by atoms with E-state index in [2.05, 4.69) is 10.2 Å². The molecule has 0 saturated heterocycles. The maximum atomic E-state index is 5.96. The summed E-state index contributed by atoms with van der Waals surface area (Å²) in [6.07, 6.45) is -0.231.